The van der Waals surface area contributed by atoms with Crippen LogP contribution in [0.5, 0.6) is 0 Å². The van der Waals surface area contributed by atoms with Gasteiger partial charge in [-0.3, -0.25) is 29.4 Å². The number of benzene rings is 2. The molecule has 2 aromatic carbocycles. The number of fused-ring (bicyclic) bond motifs is 1. The van der Waals surface area contributed by atoms with Crippen molar-refractivity contribution >= 4 is 52.4 Å². The molecule has 3 rings (SSSR count). The molecule has 0 aliphatic carbocycles. The lowest BCUT2D eigenvalue weighted by Gasteiger charge is -2.26. The van der Waals surface area contributed by atoms with Gasteiger partial charge >= 0.3 is 11.9 Å². The minimum Gasteiger partial charge on any atom is -0.481 e. The highest BCUT2D eigenvalue weighted by molar-refractivity contribution is 5.95. The molecule has 0 spiro atoms. The maximum absolute atomic E-state index is 13.8. The average molecular weight is 708 g/mol. The van der Waals surface area contributed by atoms with Crippen molar-refractivity contribution in [2.75, 3.05) is 6.54 Å². The Kier molecular flexibility index (Phi) is 14.9. The first kappa shape index (κ1) is 39.5. The molecule has 0 aliphatic heterocycles. The number of amides is 4. The van der Waals surface area contributed by atoms with E-state index in [1.807, 2.05) is 24.3 Å². The monoisotopic (exact) mass is 707 g/mol. The number of nitrogens with two attached hydrogens (primary N) is 2. The lowest BCUT2D eigenvalue weighted by molar-refractivity contribution is -0.142. The number of hydrogen-bond acceptors (Lipinski definition) is 8. The van der Waals surface area contributed by atoms with Crippen LogP contribution in [0.1, 0.15) is 43.7 Å². The van der Waals surface area contributed by atoms with E-state index in [-0.39, 0.29) is 51.0 Å². The Morgan fingerprint density at radius 3 is 2.08 bits per heavy atom. The fourth-order valence-electron chi connectivity index (χ4n) is 5.22. The van der Waals surface area contributed by atoms with Gasteiger partial charge in [-0.2, -0.15) is 0 Å². The summed E-state index contributed by atoms with van der Waals surface area (Å²) in [5.74, 6) is -5.75. The van der Waals surface area contributed by atoms with Crippen LogP contribution in [0.15, 0.2) is 60.8 Å². The molecule has 0 bridgehead atoms. The Bertz CT molecular complexity index is 1700. The van der Waals surface area contributed by atoms with Crippen molar-refractivity contribution in [3.05, 3.63) is 71.9 Å². The quantitative estimate of drug-likeness (QED) is 0.0402. The van der Waals surface area contributed by atoms with Crippen LogP contribution in [0, 0.1) is 5.41 Å². The Balaban J connectivity index is 1.78. The third-order valence-electron chi connectivity index (χ3n) is 8.01. The lowest BCUT2D eigenvalue weighted by Crippen LogP contribution is -2.58. The van der Waals surface area contributed by atoms with Crippen LogP contribution in [0.4, 0.5) is 0 Å². The molecule has 17 nitrogen and oxygen atoms in total. The third kappa shape index (κ3) is 12.8. The van der Waals surface area contributed by atoms with Crippen LogP contribution in [0.2, 0.25) is 0 Å². The Hall–Kier alpha value is -5.97. The van der Waals surface area contributed by atoms with E-state index in [0.717, 1.165) is 10.9 Å². The number of guanidine groups is 1. The summed E-state index contributed by atoms with van der Waals surface area (Å²) in [5.41, 5.74) is 13.3. The van der Waals surface area contributed by atoms with Crippen LogP contribution >= 0.6 is 0 Å². The van der Waals surface area contributed by atoms with E-state index in [1.165, 1.54) is 6.92 Å². The van der Waals surface area contributed by atoms with E-state index in [9.17, 15) is 33.9 Å². The second-order valence-electron chi connectivity index (χ2n) is 12.0. The molecule has 1 heterocycles. The van der Waals surface area contributed by atoms with Crippen molar-refractivity contribution in [3.8, 4) is 0 Å². The molecule has 274 valence electrons. The second-order valence-corrected chi connectivity index (χ2v) is 12.0. The molecule has 0 aliphatic rings. The van der Waals surface area contributed by atoms with Gasteiger partial charge in [-0.05, 0) is 43.4 Å². The molecule has 0 saturated carbocycles. The normalized spacial score (nSPS) is 13.8. The van der Waals surface area contributed by atoms with Gasteiger partial charge in [0.25, 0.3) is 0 Å². The summed E-state index contributed by atoms with van der Waals surface area (Å²) in [6, 6.07) is 9.84. The summed E-state index contributed by atoms with van der Waals surface area (Å²) in [4.78, 5) is 79.3. The summed E-state index contributed by atoms with van der Waals surface area (Å²) >= 11 is 0. The summed E-state index contributed by atoms with van der Waals surface area (Å²) in [7, 11) is 0. The fourth-order valence-corrected chi connectivity index (χ4v) is 5.22. The summed E-state index contributed by atoms with van der Waals surface area (Å²) < 4.78 is 0. The van der Waals surface area contributed by atoms with E-state index in [1.54, 1.807) is 36.5 Å². The Morgan fingerprint density at radius 2 is 1.41 bits per heavy atom. The number of aromatic nitrogens is 1. The highest BCUT2D eigenvalue weighted by Crippen LogP contribution is 2.19. The van der Waals surface area contributed by atoms with E-state index in [2.05, 4.69) is 31.6 Å². The number of aliphatic carboxylic acids is 2. The third-order valence-corrected chi connectivity index (χ3v) is 8.01. The van der Waals surface area contributed by atoms with E-state index in [4.69, 9.17) is 22.0 Å². The number of hydrogen-bond donors (Lipinski definition) is 11. The van der Waals surface area contributed by atoms with Crippen LogP contribution < -0.4 is 38.1 Å². The molecule has 0 fully saturated rings. The topological polar surface area (TPSA) is 295 Å². The predicted molar refractivity (Wildman–Crippen MR) is 187 cm³/mol. The zero-order valence-corrected chi connectivity index (χ0v) is 28.1. The molecule has 17 heteroatoms. The number of rotatable bonds is 20. The standard InChI is InChI=1S/C34H45N9O8/c1-19(40-30(47)23(35)13-14-28(44)45)29(46)42-26(16-20-8-3-2-4-9-20)32(49)41-25(12-7-15-38-34(36)37)31(48)43-27(33(50)51)17-21-18-39-24-11-6-5-10-22(21)24/h2-6,8-11,18-19,23,25-27,39H,7,12-17,35H2,1H3,(H,40,47)(H,41,49)(H,42,46)(H,43,48)(H,44,45)(H,50,51)(H4,36,37,38)/t19-,23-,25-,26+,27-/m0/s1. The number of carboxylic acids is 2. The van der Waals surface area contributed by atoms with Crippen LogP contribution in [0.3, 0.4) is 0 Å². The molecule has 51 heavy (non-hydrogen) atoms. The minimum absolute atomic E-state index is 0.00422. The zero-order valence-electron chi connectivity index (χ0n) is 28.1. The van der Waals surface area contributed by atoms with Gasteiger partial charge in [0, 0.05) is 42.9 Å². The Morgan fingerprint density at radius 1 is 0.784 bits per heavy atom. The first-order valence-electron chi connectivity index (χ1n) is 16.3. The number of carbonyl (C=O) groups excluding carboxylic acids is 4. The lowest BCUT2D eigenvalue weighted by atomic mass is 10.0. The Labute approximate surface area is 293 Å². The van der Waals surface area contributed by atoms with Crippen molar-refractivity contribution in [2.24, 2.45) is 11.5 Å². The molecular weight excluding hydrogens is 662 g/mol. The second kappa shape index (κ2) is 19.3. The molecule has 3 aromatic rings. The summed E-state index contributed by atoms with van der Waals surface area (Å²) in [5, 5.41) is 39.9. The minimum atomic E-state index is -1.35. The van der Waals surface area contributed by atoms with Crippen molar-refractivity contribution in [2.45, 2.75) is 75.7 Å². The molecule has 0 radical (unpaired) electrons. The number of aromatic amines is 1. The van der Waals surface area contributed by atoms with Crippen LogP contribution in [-0.2, 0) is 41.6 Å². The molecule has 4 amide bonds. The number of nitrogens with one attached hydrogen (secondary N) is 7. The van der Waals surface area contributed by atoms with Gasteiger partial charge in [-0.1, -0.05) is 48.5 Å². The highest BCUT2D eigenvalue weighted by atomic mass is 16.4. The van der Waals surface area contributed by atoms with Crippen LogP contribution in [-0.4, -0.2) is 93.5 Å². The number of carboxylic acid groups (broad SMARTS) is 2. The van der Waals surface area contributed by atoms with Gasteiger partial charge in [-0.25, -0.2) is 4.79 Å². The summed E-state index contributed by atoms with van der Waals surface area (Å²) in [6.45, 7) is 1.55. The maximum Gasteiger partial charge on any atom is 0.326 e. The number of carbonyl (C=O) groups is 6. The van der Waals surface area contributed by atoms with E-state index >= 15 is 0 Å². The molecule has 0 saturated heterocycles. The smallest absolute Gasteiger partial charge is 0.326 e. The first-order chi connectivity index (χ1) is 24.2. The van der Waals surface area contributed by atoms with E-state index < -0.39 is 65.8 Å². The molecule has 5 atom stereocenters. The largest absolute Gasteiger partial charge is 0.481 e. The van der Waals surface area contributed by atoms with Crippen molar-refractivity contribution < 1.29 is 39.0 Å². The van der Waals surface area contributed by atoms with Gasteiger partial charge in [0.15, 0.2) is 5.96 Å². The van der Waals surface area contributed by atoms with Crippen LogP contribution in [0.25, 0.3) is 10.9 Å². The number of para-hydroxylation sites is 1. The SMILES string of the molecule is C[C@H](NC(=O)[C@@H](N)CCC(=O)O)C(=O)N[C@H](Cc1ccccc1)C(=O)N[C@@H](CCCNC(=N)N)C(=O)N[C@@H](Cc1c[nH]c2ccccc12)C(=O)O. The molecular formula is C34H45N9O8. The number of H-pyrrole nitrogens is 1. The average Bonchev–Trinajstić information content (AvgIpc) is 3.50. The van der Waals surface area contributed by atoms with Crippen molar-refractivity contribution in [3.63, 3.8) is 0 Å². The van der Waals surface area contributed by atoms with Crippen molar-refractivity contribution in [1.29, 1.82) is 5.41 Å². The van der Waals surface area contributed by atoms with Gasteiger partial charge in [0.05, 0.1) is 6.04 Å². The zero-order chi connectivity index (χ0) is 37.5. The van der Waals surface area contributed by atoms with Gasteiger partial charge in [0.1, 0.15) is 24.2 Å². The molecule has 1 aromatic heterocycles. The maximum atomic E-state index is 13.8. The first-order valence-corrected chi connectivity index (χ1v) is 16.3. The fraction of sp³-hybridized carbons (Fsp3) is 0.382. The predicted octanol–water partition coefficient (Wildman–Crippen LogP) is -0.548. The molecule has 13 N–H and O–H groups in total. The highest BCUT2D eigenvalue weighted by Gasteiger charge is 2.31. The van der Waals surface area contributed by atoms with Gasteiger partial charge in [0.2, 0.25) is 23.6 Å². The van der Waals surface area contributed by atoms with Gasteiger partial charge < -0.3 is 53.2 Å². The van der Waals surface area contributed by atoms with Gasteiger partial charge in [-0.15, -0.1) is 0 Å². The summed E-state index contributed by atoms with van der Waals surface area (Å²) in [6.07, 6.45) is 1.39. The van der Waals surface area contributed by atoms with E-state index in [0.29, 0.717) is 11.1 Å². The van der Waals surface area contributed by atoms with Crippen molar-refractivity contribution in [1.82, 2.24) is 31.6 Å². The molecule has 0 unspecified atom stereocenters.